The third-order valence-corrected chi connectivity index (χ3v) is 3.73. The van der Waals surface area contributed by atoms with Crippen LogP contribution < -0.4 is 10.1 Å². The molecule has 0 amide bonds. The first kappa shape index (κ1) is 14.4. The molecule has 1 N–H and O–H groups in total. The molecule has 3 nitrogen and oxygen atoms in total. The highest BCUT2D eigenvalue weighted by molar-refractivity contribution is 5.33. The lowest BCUT2D eigenvalue weighted by Gasteiger charge is -2.30. The molecule has 19 heavy (non-hydrogen) atoms. The van der Waals surface area contributed by atoms with Crippen LogP contribution in [0.4, 0.5) is 0 Å². The third kappa shape index (κ3) is 3.95. The maximum Gasteiger partial charge on any atom is 0.123 e. The Morgan fingerprint density at radius 2 is 2.11 bits per heavy atom. The van der Waals surface area contributed by atoms with Gasteiger partial charge in [0, 0.05) is 37.3 Å². The predicted octanol–water partition coefficient (Wildman–Crippen LogP) is 2.66. The molecule has 0 bridgehead atoms. The van der Waals surface area contributed by atoms with E-state index in [1.165, 1.54) is 12.0 Å². The number of nitrogens with zero attached hydrogens (tertiary/aromatic N) is 1. The Balaban J connectivity index is 2.03. The van der Waals surface area contributed by atoms with Gasteiger partial charge < -0.3 is 10.1 Å². The summed E-state index contributed by atoms with van der Waals surface area (Å²) in [4.78, 5) is 2.54. The maximum absolute atomic E-state index is 5.84. The molecule has 0 fully saturated rings. The number of hydrogen-bond acceptors (Lipinski definition) is 3. The molecular formula is C16H26N2O. The fourth-order valence-electron chi connectivity index (χ4n) is 2.56. The second-order valence-electron chi connectivity index (χ2n) is 5.55. The summed E-state index contributed by atoms with van der Waals surface area (Å²) in [5.74, 6) is 1.05. The molecule has 106 valence electrons. The Labute approximate surface area is 116 Å². The number of hydrogen-bond donors (Lipinski definition) is 1. The summed E-state index contributed by atoms with van der Waals surface area (Å²) in [7, 11) is 0. The Morgan fingerprint density at radius 1 is 1.32 bits per heavy atom. The van der Waals surface area contributed by atoms with Crippen LogP contribution in [0.5, 0.6) is 5.75 Å². The molecule has 1 heterocycles. The van der Waals surface area contributed by atoms with Gasteiger partial charge in [0.1, 0.15) is 12.4 Å². The zero-order valence-corrected chi connectivity index (χ0v) is 12.4. The van der Waals surface area contributed by atoms with Crippen LogP contribution in [-0.2, 0) is 6.54 Å². The number of rotatable bonds is 5. The molecule has 0 spiro atoms. The average molecular weight is 262 g/mol. The van der Waals surface area contributed by atoms with Crippen LogP contribution >= 0.6 is 0 Å². The summed E-state index contributed by atoms with van der Waals surface area (Å²) in [5, 5.41) is 3.56. The van der Waals surface area contributed by atoms with E-state index in [1.807, 2.05) is 6.07 Å². The van der Waals surface area contributed by atoms with E-state index in [0.29, 0.717) is 12.1 Å². The summed E-state index contributed by atoms with van der Waals surface area (Å²) in [6.07, 6.45) is 1.17. The van der Waals surface area contributed by atoms with Crippen molar-refractivity contribution >= 4 is 0 Å². The van der Waals surface area contributed by atoms with Gasteiger partial charge in [-0.1, -0.05) is 39.0 Å². The zero-order chi connectivity index (χ0) is 13.7. The Bertz CT molecular complexity index is 392. The van der Waals surface area contributed by atoms with Crippen LogP contribution in [0.3, 0.4) is 0 Å². The van der Waals surface area contributed by atoms with Crippen LogP contribution in [0.15, 0.2) is 24.3 Å². The first-order valence-electron chi connectivity index (χ1n) is 7.38. The number of nitrogens with one attached hydrogen (secondary N) is 1. The van der Waals surface area contributed by atoms with E-state index in [4.69, 9.17) is 4.74 Å². The molecule has 3 heteroatoms. The van der Waals surface area contributed by atoms with Crippen molar-refractivity contribution in [2.24, 2.45) is 0 Å². The van der Waals surface area contributed by atoms with Gasteiger partial charge in [-0.05, 0) is 12.5 Å². The van der Waals surface area contributed by atoms with E-state index in [-0.39, 0.29) is 0 Å². The molecule has 0 saturated heterocycles. The van der Waals surface area contributed by atoms with Crippen molar-refractivity contribution in [3.63, 3.8) is 0 Å². The highest BCUT2D eigenvalue weighted by Crippen LogP contribution is 2.23. The van der Waals surface area contributed by atoms with E-state index < -0.39 is 0 Å². The topological polar surface area (TPSA) is 24.5 Å². The van der Waals surface area contributed by atoms with Gasteiger partial charge >= 0.3 is 0 Å². The molecule has 2 rings (SSSR count). The van der Waals surface area contributed by atoms with E-state index in [0.717, 1.165) is 32.0 Å². The number of para-hydroxylation sites is 1. The van der Waals surface area contributed by atoms with Crippen molar-refractivity contribution in [3.8, 4) is 5.75 Å². The Kier molecular flexibility index (Phi) is 5.23. The van der Waals surface area contributed by atoms with Crippen LogP contribution in [0.25, 0.3) is 0 Å². The fourth-order valence-corrected chi connectivity index (χ4v) is 2.56. The van der Waals surface area contributed by atoms with E-state index in [9.17, 15) is 0 Å². The molecule has 0 saturated carbocycles. The molecule has 0 aromatic heterocycles. The minimum atomic E-state index is 0.546. The summed E-state index contributed by atoms with van der Waals surface area (Å²) < 4.78 is 5.84. The Hall–Kier alpha value is -1.06. The lowest BCUT2D eigenvalue weighted by molar-refractivity contribution is 0.160. The first-order chi connectivity index (χ1) is 9.20. The van der Waals surface area contributed by atoms with Crippen LogP contribution in [0.1, 0.15) is 32.8 Å². The van der Waals surface area contributed by atoms with Gasteiger partial charge in [0.25, 0.3) is 0 Å². The van der Waals surface area contributed by atoms with E-state index >= 15 is 0 Å². The van der Waals surface area contributed by atoms with Crippen LogP contribution in [0.2, 0.25) is 0 Å². The van der Waals surface area contributed by atoms with Crippen molar-refractivity contribution in [2.75, 3.05) is 19.7 Å². The standard InChI is InChI=1S/C16H26N2O/c1-4-15(11-17-13(2)3)18-9-10-19-16-8-6-5-7-14(16)12-18/h5-8,13,15,17H,4,9-12H2,1-3H3. The van der Waals surface area contributed by atoms with Crippen molar-refractivity contribution in [3.05, 3.63) is 29.8 Å². The molecule has 1 aromatic carbocycles. The lowest BCUT2D eigenvalue weighted by atomic mass is 10.1. The second-order valence-corrected chi connectivity index (χ2v) is 5.55. The van der Waals surface area contributed by atoms with Crippen molar-refractivity contribution < 1.29 is 4.74 Å². The Morgan fingerprint density at radius 3 is 2.84 bits per heavy atom. The van der Waals surface area contributed by atoms with Gasteiger partial charge in [0.15, 0.2) is 0 Å². The molecule has 1 unspecified atom stereocenters. The molecule has 0 aliphatic carbocycles. The minimum Gasteiger partial charge on any atom is -0.492 e. The van der Waals surface area contributed by atoms with Crippen molar-refractivity contribution in [1.82, 2.24) is 10.2 Å². The SMILES string of the molecule is CCC(CNC(C)C)N1CCOc2ccccc2C1. The lowest BCUT2D eigenvalue weighted by Crippen LogP contribution is -2.44. The van der Waals surface area contributed by atoms with E-state index in [2.05, 4.69) is 49.2 Å². The normalized spacial score (nSPS) is 17.7. The van der Waals surface area contributed by atoms with Gasteiger partial charge in [-0.25, -0.2) is 0 Å². The highest BCUT2D eigenvalue weighted by Gasteiger charge is 2.21. The molecule has 1 aromatic rings. The van der Waals surface area contributed by atoms with Crippen LogP contribution in [0, 0.1) is 0 Å². The summed E-state index contributed by atoms with van der Waals surface area (Å²) in [5.41, 5.74) is 1.31. The number of benzene rings is 1. The quantitative estimate of drug-likeness (QED) is 0.883. The fraction of sp³-hybridized carbons (Fsp3) is 0.625. The summed E-state index contributed by atoms with van der Waals surface area (Å²) in [6, 6.07) is 9.52. The molecule has 1 aliphatic rings. The smallest absolute Gasteiger partial charge is 0.123 e. The van der Waals surface area contributed by atoms with Gasteiger partial charge in [-0.3, -0.25) is 4.90 Å². The highest BCUT2D eigenvalue weighted by atomic mass is 16.5. The molecule has 1 atom stereocenters. The van der Waals surface area contributed by atoms with E-state index in [1.54, 1.807) is 0 Å². The first-order valence-corrected chi connectivity index (χ1v) is 7.38. The van der Waals surface area contributed by atoms with Crippen molar-refractivity contribution in [2.45, 2.75) is 45.8 Å². The molecule has 0 radical (unpaired) electrons. The van der Waals surface area contributed by atoms with Gasteiger partial charge in [-0.15, -0.1) is 0 Å². The zero-order valence-electron chi connectivity index (χ0n) is 12.4. The number of ether oxygens (including phenoxy) is 1. The van der Waals surface area contributed by atoms with Crippen LogP contribution in [-0.4, -0.2) is 36.7 Å². The third-order valence-electron chi connectivity index (χ3n) is 3.73. The van der Waals surface area contributed by atoms with Crippen molar-refractivity contribution in [1.29, 1.82) is 0 Å². The minimum absolute atomic E-state index is 0.546. The van der Waals surface area contributed by atoms with Gasteiger partial charge in [0.2, 0.25) is 0 Å². The molecular weight excluding hydrogens is 236 g/mol. The average Bonchev–Trinajstić information content (AvgIpc) is 2.61. The van der Waals surface area contributed by atoms with Gasteiger partial charge in [-0.2, -0.15) is 0 Å². The maximum atomic E-state index is 5.84. The number of fused-ring (bicyclic) bond motifs is 1. The second kappa shape index (κ2) is 6.92. The predicted molar refractivity (Wildman–Crippen MR) is 79.6 cm³/mol. The monoisotopic (exact) mass is 262 g/mol. The molecule has 1 aliphatic heterocycles. The summed E-state index contributed by atoms with van der Waals surface area (Å²) >= 11 is 0. The summed E-state index contributed by atoms with van der Waals surface area (Å²) in [6.45, 7) is 10.5. The van der Waals surface area contributed by atoms with Gasteiger partial charge in [0.05, 0.1) is 0 Å². The largest absolute Gasteiger partial charge is 0.492 e.